The van der Waals surface area contributed by atoms with Crippen molar-refractivity contribution < 1.29 is 9.53 Å². The second-order valence-electron chi connectivity index (χ2n) is 6.68. The summed E-state index contributed by atoms with van der Waals surface area (Å²) in [6.07, 6.45) is 3.44. The average molecular weight is 474 g/mol. The molecule has 0 amide bonds. The van der Waals surface area contributed by atoms with Gasteiger partial charge in [0.2, 0.25) is 0 Å². The molecule has 2 N–H and O–H groups in total. The number of halogens is 2. The Labute approximate surface area is 195 Å². The minimum absolute atomic E-state index is 0.152. The number of aromatic nitrogens is 1. The monoisotopic (exact) mass is 473 g/mol. The third kappa shape index (κ3) is 6.00. The molecule has 1 unspecified atom stereocenters. The molecule has 3 aromatic rings. The molecule has 0 saturated carbocycles. The van der Waals surface area contributed by atoms with Crippen molar-refractivity contribution in [2.75, 3.05) is 13.4 Å². The summed E-state index contributed by atoms with van der Waals surface area (Å²) in [5.74, 6) is 0.572. The zero-order valence-electron chi connectivity index (χ0n) is 17.0. The van der Waals surface area contributed by atoms with Crippen LogP contribution in [0.4, 0.5) is 0 Å². The number of hydrogen-bond acceptors (Lipinski definition) is 5. The van der Waals surface area contributed by atoms with Crippen LogP contribution in [0.5, 0.6) is 5.75 Å². The van der Waals surface area contributed by atoms with Gasteiger partial charge in [0, 0.05) is 12.6 Å². The predicted molar refractivity (Wildman–Crippen MR) is 129 cm³/mol. The van der Waals surface area contributed by atoms with Crippen LogP contribution in [0.3, 0.4) is 0 Å². The highest BCUT2D eigenvalue weighted by Gasteiger charge is 2.17. The first-order chi connectivity index (χ1) is 14.9. The number of nitrogens with zero attached hydrogens (tertiary/aromatic N) is 2. The Morgan fingerprint density at radius 3 is 2.55 bits per heavy atom. The molecule has 0 aliphatic carbocycles. The van der Waals surface area contributed by atoms with Gasteiger partial charge in [0.15, 0.2) is 11.0 Å². The molecule has 31 heavy (non-hydrogen) atoms. The van der Waals surface area contributed by atoms with E-state index < -0.39 is 0 Å². The lowest BCUT2D eigenvalue weighted by molar-refractivity contribution is 0.0988. The van der Waals surface area contributed by atoms with Crippen molar-refractivity contribution in [3.05, 3.63) is 93.2 Å². The van der Waals surface area contributed by atoms with Crippen LogP contribution < -0.4 is 10.5 Å². The van der Waals surface area contributed by atoms with Gasteiger partial charge in [0.05, 0.1) is 17.2 Å². The van der Waals surface area contributed by atoms with E-state index in [4.69, 9.17) is 33.7 Å². The second kappa shape index (κ2) is 10.7. The summed E-state index contributed by atoms with van der Waals surface area (Å²) in [6, 6.07) is 16.6. The third-order valence-corrected chi connectivity index (χ3v) is 5.62. The number of rotatable bonds is 7. The molecule has 0 spiro atoms. The molecule has 160 valence electrons. The van der Waals surface area contributed by atoms with Crippen molar-refractivity contribution in [3.8, 4) is 5.75 Å². The fourth-order valence-electron chi connectivity index (χ4n) is 3.07. The lowest BCUT2D eigenvalue weighted by atomic mass is 9.96. The molecule has 1 heterocycles. The number of aliphatic imine (C=N–C) groups is 1. The number of carbonyl (C=O) groups is 1. The first-order valence-corrected chi connectivity index (χ1v) is 11.3. The van der Waals surface area contributed by atoms with Gasteiger partial charge < -0.3 is 10.5 Å². The van der Waals surface area contributed by atoms with Gasteiger partial charge in [-0.25, -0.2) is 9.98 Å². The van der Waals surface area contributed by atoms with Gasteiger partial charge >= 0.3 is 0 Å². The van der Waals surface area contributed by atoms with Crippen LogP contribution >= 0.6 is 35.0 Å². The lowest BCUT2D eigenvalue weighted by Crippen LogP contribution is -2.11. The summed E-state index contributed by atoms with van der Waals surface area (Å²) in [4.78, 5) is 21.5. The molecule has 0 saturated heterocycles. The number of carbonyl (C=O) groups excluding carboxylic acids is 1. The number of ether oxygens (including phenoxy) is 1. The molecule has 2 aromatic carbocycles. The van der Waals surface area contributed by atoms with Gasteiger partial charge in [0.1, 0.15) is 17.5 Å². The van der Waals surface area contributed by atoms with Gasteiger partial charge in [0.25, 0.3) is 0 Å². The standard InChI is InChI=1S/C23H21Cl2N3O2S/c1-30-18-8-6-15(7-9-18)21(28-23(26)31-2)16-5-3-4-14(10-16)11-20(29)22-19(25)12-17(24)13-27-22/h3-10,12-13,21H,11H2,1-2H3,(H2,26,28). The first-order valence-electron chi connectivity index (χ1n) is 9.35. The van der Waals surface area contributed by atoms with Crippen molar-refractivity contribution in [1.29, 1.82) is 0 Å². The van der Waals surface area contributed by atoms with Gasteiger partial charge in [-0.15, -0.1) is 0 Å². The fraction of sp³-hybridized carbons (Fsp3) is 0.174. The van der Waals surface area contributed by atoms with E-state index in [1.54, 1.807) is 7.11 Å². The van der Waals surface area contributed by atoms with Crippen LogP contribution in [0.1, 0.15) is 33.2 Å². The highest BCUT2D eigenvalue weighted by molar-refractivity contribution is 8.13. The molecule has 5 nitrogen and oxygen atoms in total. The van der Waals surface area contributed by atoms with Crippen LogP contribution in [-0.2, 0) is 6.42 Å². The number of Topliss-reactive ketones (excluding diaryl/α,β-unsaturated/α-hetero) is 1. The first kappa shape index (κ1) is 23.1. The Bertz CT molecular complexity index is 1100. The fourth-order valence-corrected chi connectivity index (χ4v) is 3.77. The Balaban J connectivity index is 1.92. The number of ketones is 1. The molecule has 0 bridgehead atoms. The van der Waals surface area contributed by atoms with E-state index in [-0.39, 0.29) is 29.0 Å². The molecular formula is C23H21Cl2N3O2S. The van der Waals surface area contributed by atoms with E-state index >= 15 is 0 Å². The highest BCUT2D eigenvalue weighted by Crippen LogP contribution is 2.29. The molecule has 3 rings (SSSR count). The van der Waals surface area contributed by atoms with Gasteiger partial charge in [-0.3, -0.25) is 4.79 Å². The zero-order chi connectivity index (χ0) is 22.4. The van der Waals surface area contributed by atoms with E-state index in [2.05, 4.69) is 9.98 Å². The van der Waals surface area contributed by atoms with Crippen molar-refractivity contribution in [2.45, 2.75) is 12.5 Å². The molecule has 8 heteroatoms. The van der Waals surface area contributed by atoms with E-state index in [9.17, 15) is 4.79 Å². The van der Waals surface area contributed by atoms with Crippen molar-refractivity contribution in [2.24, 2.45) is 10.7 Å². The van der Waals surface area contributed by atoms with E-state index in [0.29, 0.717) is 10.2 Å². The molecule has 0 aliphatic heterocycles. The molecule has 0 aliphatic rings. The quantitative estimate of drug-likeness (QED) is 0.275. The summed E-state index contributed by atoms with van der Waals surface area (Å²) in [5.41, 5.74) is 8.94. The lowest BCUT2D eigenvalue weighted by Gasteiger charge is -2.16. The summed E-state index contributed by atoms with van der Waals surface area (Å²) in [7, 11) is 1.62. The maximum Gasteiger partial charge on any atom is 0.187 e. The summed E-state index contributed by atoms with van der Waals surface area (Å²) >= 11 is 13.4. The van der Waals surface area contributed by atoms with Crippen LogP contribution in [-0.4, -0.2) is 29.3 Å². The topological polar surface area (TPSA) is 77.6 Å². The zero-order valence-corrected chi connectivity index (χ0v) is 19.3. The Morgan fingerprint density at radius 1 is 1.16 bits per heavy atom. The van der Waals surface area contributed by atoms with E-state index in [1.165, 1.54) is 24.0 Å². The summed E-state index contributed by atoms with van der Waals surface area (Å²) in [6.45, 7) is 0. The highest BCUT2D eigenvalue weighted by atomic mass is 35.5. The summed E-state index contributed by atoms with van der Waals surface area (Å²) in [5, 5.41) is 1.09. The second-order valence-corrected chi connectivity index (χ2v) is 8.35. The number of thioether (sulfide) groups is 1. The number of pyridine rings is 1. The Kier molecular flexibility index (Phi) is 7.96. The van der Waals surface area contributed by atoms with Crippen LogP contribution in [0.25, 0.3) is 0 Å². The average Bonchev–Trinajstić information content (AvgIpc) is 2.77. The molecule has 0 fully saturated rings. The largest absolute Gasteiger partial charge is 0.497 e. The smallest absolute Gasteiger partial charge is 0.187 e. The van der Waals surface area contributed by atoms with Crippen LogP contribution in [0, 0.1) is 0 Å². The van der Waals surface area contributed by atoms with Gasteiger partial charge in [-0.05, 0) is 41.1 Å². The molecule has 0 radical (unpaired) electrons. The van der Waals surface area contributed by atoms with Crippen molar-refractivity contribution >= 4 is 45.9 Å². The predicted octanol–water partition coefficient (Wildman–Crippen LogP) is 5.59. The van der Waals surface area contributed by atoms with Crippen molar-refractivity contribution in [3.63, 3.8) is 0 Å². The number of benzene rings is 2. The number of nitrogens with two attached hydrogens (primary N) is 1. The maximum atomic E-state index is 12.7. The SMILES string of the molecule is COc1ccc(C(N=C(N)SC)c2cccc(CC(=O)c3ncc(Cl)cc3Cl)c2)cc1. The molecule has 1 atom stereocenters. The minimum Gasteiger partial charge on any atom is -0.497 e. The number of methoxy groups -OCH3 is 1. The summed E-state index contributed by atoms with van der Waals surface area (Å²) < 4.78 is 5.25. The maximum absolute atomic E-state index is 12.7. The Hall–Kier alpha value is -2.54. The van der Waals surface area contributed by atoms with Crippen LogP contribution in [0.2, 0.25) is 10.0 Å². The number of amidine groups is 1. The van der Waals surface area contributed by atoms with E-state index in [0.717, 1.165) is 22.4 Å². The van der Waals surface area contributed by atoms with Crippen molar-refractivity contribution in [1.82, 2.24) is 4.98 Å². The Morgan fingerprint density at radius 2 is 1.90 bits per heavy atom. The molecule has 1 aromatic heterocycles. The number of hydrogen-bond donors (Lipinski definition) is 1. The van der Waals surface area contributed by atoms with Crippen LogP contribution in [0.15, 0.2) is 65.8 Å². The normalized spacial score (nSPS) is 12.5. The third-order valence-electron chi connectivity index (χ3n) is 4.60. The molecular weight excluding hydrogens is 453 g/mol. The van der Waals surface area contributed by atoms with E-state index in [1.807, 2.05) is 54.8 Å². The van der Waals surface area contributed by atoms with Gasteiger partial charge in [-0.2, -0.15) is 0 Å². The minimum atomic E-state index is -0.314. The van der Waals surface area contributed by atoms with Gasteiger partial charge in [-0.1, -0.05) is 71.4 Å².